The van der Waals surface area contributed by atoms with Crippen LogP contribution in [0.2, 0.25) is 5.02 Å². The molecule has 2 aromatic rings. The van der Waals surface area contributed by atoms with Crippen molar-refractivity contribution in [2.45, 2.75) is 49.7 Å². The van der Waals surface area contributed by atoms with Crippen LogP contribution in [0.15, 0.2) is 35.6 Å². The highest BCUT2D eigenvalue weighted by atomic mass is 35.5. The second kappa shape index (κ2) is 9.11. The third-order valence-corrected chi connectivity index (χ3v) is 5.07. The van der Waals surface area contributed by atoms with Crippen molar-refractivity contribution in [3.8, 4) is 0 Å². The first-order valence-electron chi connectivity index (χ1n) is 7.84. The van der Waals surface area contributed by atoms with E-state index in [0.29, 0.717) is 28.8 Å². The Labute approximate surface area is 150 Å². The van der Waals surface area contributed by atoms with Crippen LogP contribution in [-0.4, -0.2) is 31.0 Å². The molecule has 24 heavy (non-hydrogen) atoms. The molecule has 2 N–H and O–H groups in total. The Kier molecular flexibility index (Phi) is 7.15. The van der Waals surface area contributed by atoms with Gasteiger partial charge in [-0.15, -0.1) is 0 Å². The number of hydrogen-bond acceptors (Lipinski definition) is 4. The number of aliphatic hydroxyl groups excluding tert-OH is 1. The van der Waals surface area contributed by atoms with Crippen molar-refractivity contribution in [1.82, 2.24) is 9.55 Å². The zero-order valence-corrected chi connectivity index (χ0v) is 15.1. The van der Waals surface area contributed by atoms with Gasteiger partial charge >= 0.3 is 5.97 Å². The monoisotopic (exact) mass is 368 g/mol. The first-order valence-corrected chi connectivity index (χ1v) is 9.10. The van der Waals surface area contributed by atoms with Crippen LogP contribution < -0.4 is 0 Å². The molecule has 0 spiro atoms. The van der Waals surface area contributed by atoms with Gasteiger partial charge in [0.2, 0.25) is 0 Å². The van der Waals surface area contributed by atoms with Crippen LogP contribution in [0, 0.1) is 0 Å². The Morgan fingerprint density at radius 3 is 2.67 bits per heavy atom. The predicted octanol–water partition coefficient (Wildman–Crippen LogP) is 3.81. The topological polar surface area (TPSA) is 75.4 Å². The summed E-state index contributed by atoms with van der Waals surface area (Å²) in [7, 11) is 0. The quantitative estimate of drug-likeness (QED) is 0.658. The van der Waals surface area contributed by atoms with Crippen molar-refractivity contribution in [3.63, 3.8) is 0 Å². The molecule has 2 rings (SSSR count). The van der Waals surface area contributed by atoms with Crippen LogP contribution in [0.25, 0.3) is 0 Å². The SMILES string of the molecule is CCCC[C@H](Sc1nc(CO)cn1Cc1ccc(Cl)cc1)C(=O)O. The number of rotatable bonds is 9. The number of benzene rings is 1. The minimum absolute atomic E-state index is 0.173. The molecule has 1 aromatic carbocycles. The molecule has 0 saturated carbocycles. The maximum atomic E-state index is 11.5. The van der Waals surface area contributed by atoms with Gasteiger partial charge in [-0.25, -0.2) is 4.98 Å². The molecule has 1 aromatic heterocycles. The Hall–Kier alpha value is -1.50. The fourth-order valence-corrected chi connectivity index (χ4v) is 3.46. The number of aliphatic carboxylic acids is 1. The molecule has 0 aliphatic rings. The molecular formula is C17H21ClN2O3S. The van der Waals surface area contributed by atoms with E-state index in [1.54, 1.807) is 6.20 Å². The molecule has 1 heterocycles. The molecule has 130 valence electrons. The first-order chi connectivity index (χ1) is 11.5. The molecule has 1 atom stereocenters. The van der Waals surface area contributed by atoms with Gasteiger partial charge in [-0.3, -0.25) is 4.79 Å². The Bertz CT molecular complexity index is 673. The van der Waals surface area contributed by atoms with Gasteiger partial charge in [0.1, 0.15) is 5.25 Å². The smallest absolute Gasteiger partial charge is 0.317 e. The summed E-state index contributed by atoms with van der Waals surface area (Å²) in [4.78, 5) is 15.8. The summed E-state index contributed by atoms with van der Waals surface area (Å²) in [6.45, 7) is 2.41. The fourth-order valence-electron chi connectivity index (χ4n) is 2.27. The third kappa shape index (κ3) is 5.26. The third-order valence-electron chi connectivity index (χ3n) is 3.56. The summed E-state index contributed by atoms with van der Waals surface area (Å²) in [6, 6.07) is 7.46. The molecular weight excluding hydrogens is 348 g/mol. The van der Waals surface area contributed by atoms with Gasteiger partial charge in [-0.05, 0) is 24.1 Å². The van der Waals surface area contributed by atoms with Crippen LogP contribution >= 0.6 is 23.4 Å². The molecule has 0 aliphatic heterocycles. The van der Waals surface area contributed by atoms with Gasteiger partial charge in [0.25, 0.3) is 0 Å². The summed E-state index contributed by atoms with van der Waals surface area (Å²) in [5.41, 5.74) is 1.56. The molecule has 0 amide bonds. The maximum Gasteiger partial charge on any atom is 0.317 e. The molecule has 0 unspecified atom stereocenters. The lowest BCUT2D eigenvalue weighted by molar-refractivity contribution is -0.136. The number of unbranched alkanes of at least 4 members (excludes halogenated alkanes) is 1. The number of halogens is 1. The van der Waals surface area contributed by atoms with Crippen LogP contribution in [0.4, 0.5) is 0 Å². The largest absolute Gasteiger partial charge is 0.480 e. The molecule has 5 nitrogen and oxygen atoms in total. The van der Waals surface area contributed by atoms with Crippen molar-refractivity contribution in [3.05, 3.63) is 46.7 Å². The van der Waals surface area contributed by atoms with Crippen molar-refractivity contribution in [2.75, 3.05) is 0 Å². The number of imidazole rings is 1. The summed E-state index contributed by atoms with van der Waals surface area (Å²) < 4.78 is 1.88. The molecule has 0 radical (unpaired) electrons. The number of carboxylic acids is 1. The van der Waals surface area contributed by atoms with E-state index < -0.39 is 11.2 Å². The standard InChI is InChI=1S/C17H21ClN2O3S/c1-2-3-4-15(16(22)23)24-17-19-14(11-21)10-20(17)9-12-5-7-13(18)8-6-12/h5-8,10,15,21H,2-4,9,11H2,1H3,(H,22,23)/t15-/m0/s1. The van der Waals surface area contributed by atoms with Crippen LogP contribution in [0.1, 0.15) is 37.4 Å². The van der Waals surface area contributed by atoms with Crippen molar-refractivity contribution < 1.29 is 15.0 Å². The highest BCUT2D eigenvalue weighted by Crippen LogP contribution is 2.27. The van der Waals surface area contributed by atoms with E-state index in [1.165, 1.54) is 11.8 Å². The Morgan fingerprint density at radius 1 is 1.38 bits per heavy atom. The Morgan fingerprint density at radius 2 is 2.08 bits per heavy atom. The highest BCUT2D eigenvalue weighted by molar-refractivity contribution is 8.00. The zero-order valence-electron chi connectivity index (χ0n) is 13.5. The second-order valence-corrected chi connectivity index (χ2v) is 7.12. The number of aromatic nitrogens is 2. The molecule has 0 fully saturated rings. The van der Waals surface area contributed by atoms with Crippen LogP contribution in [0.3, 0.4) is 0 Å². The van der Waals surface area contributed by atoms with E-state index in [0.717, 1.165) is 18.4 Å². The van der Waals surface area contributed by atoms with Gasteiger partial charge in [0.05, 0.1) is 12.3 Å². The first kappa shape index (κ1) is 18.8. The number of carboxylic acid groups (broad SMARTS) is 1. The van der Waals surface area contributed by atoms with Crippen molar-refractivity contribution in [1.29, 1.82) is 0 Å². The lowest BCUT2D eigenvalue weighted by Crippen LogP contribution is -2.17. The Balaban J connectivity index is 2.20. The zero-order chi connectivity index (χ0) is 17.5. The minimum atomic E-state index is -0.833. The second-order valence-electron chi connectivity index (χ2n) is 5.51. The van der Waals surface area contributed by atoms with Gasteiger partial charge in [0.15, 0.2) is 5.16 Å². The van der Waals surface area contributed by atoms with Crippen molar-refractivity contribution in [2.24, 2.45) is 0 Å². The van der Waals surface area contributed by atoms with Crippen LogP contribution in [0.5, 0.6) is 0 Å². The van der Waals surface area contributed by atoms with Crippen LogP contribution in [-0.2, 0) is 17.9 Å². The summed E-state index contributed by atoms with van der Waals surface area (Å²) in [5.74, 6) is -0.833. The van der Waals surface area contributed by atoms with E-state index in [2.05, 4.69) is 4.98 Å². The maximum absolute atomic E-state index is 11.5. The highest BCUT2D eigenvalue weighted by Gasteiger charge is 2.21. The number of aliphatic hydroxyl groups is 1. The van der Waals surface area contributed by atoms with E-state index in [9.17, 15) is 15.0 Å². The number of carbonyl (C=O) groups is 1. The summed E-state index contributed by atoms with van der Waals surface area (Å²) >= 11 is 7.14. The average molecular weight is 369 g/mol. The molecule has 0 aliphatic carbocycles. The number of nitrogens with zero attached hydrogens (tertiary/aromatic N) is 2. The van der Waals surface area contributed by atoms with Gasteiger partial charge in [0, 0.05) is 17.8 Å². The van der Waals surface area contributed by atoms with E-state index in [1.807, 2.05) is 35.8 Å². The lowest BCUT2D eigenvalue weighted by Gasteiger charge is -2.13. The van der Waals surface area contributed by atoms with E-state index in [4.69, 9.17) is 11.6 Å². The average Bonchev–Trinajstić information content (AvgIpc) is 2.95. The van der Waals surface area contributed by atoms with Gasteiger partial charge < -0.3 is 14.8 Å². The number of hydrogen-bond donors (Lipinski definition) is 2. The van der Waals surface area contributed by atoms with Gasteiger partial charge in [-0.1, -0.05) is 55.3 Å². The van der Waals surface area contributed by atoms with E-state index >= 15 is 0 Å². The summed E-state index contributed by atoms with van der Waals surface area (Å²) in [6.07, 6.45) is 4.16. The minimum Gasteiger partial charge on any atom is -0.480 e. The summed E-state index contributed by atoms with van der Waals surface area (Å²) in [5, 5.41) is 19.5. The molecule has 0 bridgehead atoms. The normalized spacial score (nSPS) is 12.3. The van der Waals surface area contributed by atoms with E-state index in [-0.39, 0.29) is 6.61 Å². The lowest BCUT2D eigenvalue weighted by atomic mass is 10.2. The van der Waals surface area contributed by atoms with Crippen molar-refractivity contribution >= 4 is 29.3 Å². The molecule has 0 saturated heterocycles. The fraction of sp³-hybridized carbons (Fsp3) is 0.412. The van der Waals surface area contributed by atoms with Gasteiger partial charge in [-0.2, -0.15) is 0 Å². The predicted molar refractivity (Wildman–Crippen MR) is 95.5 cm³/mol. The number of thioether (sulfide) groups is 1. The molecule has 7 heteroatoms.